The normalized spacial score (nSPS) is 11.2. The Morgan fingerprint density at radius 3 is 1.19 bits per heavy atom. The van der Waals surface area contributed by atoms with Crippen molar-refractivity contribution in [1.29, 1.82) is 0 Å². The number of hydrogen-bond donors (Lipinski definition) is 0. The zero-order chi connectivity index (χ0) is 41.2. The molecule has 0 saturated heterocycles. The summed E-state index contributed by atoms with van der Waals surface area (Å²) in [5.41, 5.74) is 17.5. The Morgan fingerprint density at radius 2 is 0.677 bits per heavy atom. The Kier molecular flexibility index (Phi) is 9.57. The van der Waals surface area contributed by atoms with Crippen LogP contribution in [-0.2, 0) is 0 Å². The van der Waals surface area contributed by atoms with Gasteiger partial charge in [0.25, 0.3) is 0 Å². The monoisotopic (exact) mass is 790 g/mol. The molecular formula is C60H42N2. The van der Waals surface area contributed by atoms with E-state index in [1.165, 1.54) is 71.9 Å². The molecule has 0 aliphatic heterocycles. The second kappa shape index (κ2) is 16.1. The Morgan fingerprint density at radius 1 is 0.274 bits per heavy atom. The Hall–Kier alpha value is -8.20. The SMILES string of the molecule is c1ccc(-c2ccc(N(c3ccc(-c4ccccc4)cc3)c3ccc(-c4ccc5c(c4)c(-c4ccccc4)c(-c4ccccc4)n5-c4ccc5ccccc5c4)cc3)cc2)cc1. The molecule has 0 spiro atoms. The van der Waals surface area contributed by atoms with Gasteiger partial charge in [-0.05, 0) is 116 Å². The van der Waals surface area contributed by atoms with Crippen molar-refractivity contribution >= 4 is 38.7 Å². The van der Waals surface area contributed by atoms with Crippen molar-refractivity contribution in [3.05, 3.63) is 255 Å². The maximum Gasteiger partial charge on any atom is 0.0619 e. The lowest BCUT2D eigenvalue weighted by Gasteiger charge is -2.26. The Labute approximate surface area is 362 Å². The van der Waals surface area contributed by atoms with Crippen LogP contribution in [0.5, 0.6) is 0 Å². The largest absolute Gasteiger partial charge is 0.311 e. The quantitative estimate of drug-likeness (QED) is 0.141. The third kappa shape index (κ3) is 6.94. The molecule has 0 aliphatic rings. The molecule has 11 aromatic rings. The van der Waals surface area contributed by atoms with E-state index in [1.54, 1.807) is 0 Å². The van der Waals surface area contributed by atoms with E-state index in [0.717, 1.165) is 28.3 Å². The standard InChI is InChI=1S/C60H42N2/c1-5-15-43(16-6-1)46-25-33-53(34-26-46)61(54-35-27-47(28-36-54)44-17-7-2-8-18-44)55-37-29-48(30-38-55)52-32-40-58-57(42-52)59(49-20-9-3-10-21-49)60(50-22-11-4-12-23-50)62(58)56-39-31-45-19-13-14-24-51(45)41-56/h1-42H. The van der Waals surface area contributed by atoms with Crippen LogP contribution in [0, 0.1) is 0 Å². The molecule has 292 valence electrons. The highest BCUT2D eigenvalue weighted by molar-refractivity contribution is 6.07. The summed E-state index contributed by atoms with van der Waals surface area (Å²) in [4.78, 5) is 2.35. The van der Waals surface area contributed by atoms with Crippen molar-refractivity contribution in [3.8, 4) is 61.5 Å². The molecule has 2 nitrogen and oxygen atoms in total. The summed E-state index contributed by atoms with van der Waals surface area (Å²) in [7, 11) is 0. The van der Waals surface area contributed by atoms with E-state index in [-0.39, 0.29) is 0 Å². The molecule has 0 atom stereocenters. The topological polar surface area (TPSA) is 8.17 Å². The molecule has 62 heavy (non-hydrogen) atoms. The minimum Gasteiger partial charge on any atom is -0.311 e. The van der Waals surface area contributed by atoms with Crippen LogP contribution < -0.4 is 4.90 Å². The maximum absolute atomic E-state index is 2.45. The molecule has 10 aromatic carbocycles. The van der Waals surface area contributed by atoms with Gasteiger partial charge in [-0.1, -0.05) is 194 Å². The summed E-state index contributed by atoms with van der Waals surface area (Å²) in [6.45, 7) is 0. The van der Waals surface area contributed by atoms with Crippen LogP contribution in [-0.4, -0.2) is 4.57 Å². The lowest BCUT2D eigenvalue weighted by atomic mass is 9.96. The summed E-state index contributed by atoms with van der Waals surface area (Å²) in [6.07, 6.45) is 0. The molecule has 0 radical (unpaired) electrons. The highest BCUT2D eigenvalue weighted by Crippen LogP contribution is 2.45. The first-order chi connectivity index (χ1) is 30.7. The summed E-state index contributed by atoms with van der Waals surface area (Å²) in [5.74, 6) is 0. The van der Waals surface area contributed by atoms with E-state index < -0.39 is 0 Å². The summed E-state index contributed by atoms with van der Waals surface area (Å²) in [5, 5.41) is 3.66. The lowest BCUT2D eigenvalue weighted by molar-refractivity contribution is 1.14. The van der Waals surface area contributed by atoms with Gasteiger partial charge in [0.2, 0.25) is 0 Å². The van der Waals surface area contributed by atoms with Crippen LogP contribution in [0.15, 0.2) is 255 Å². The van der Waals surface area contributed by atoms with E-state index >= 15 is 0 Å². The van der Waals surface area contributed by atoms with E-state index in [1.807, 2.05) is 0 Å². The first-order valence-electron chi connectivity index (χ1n) is 21.3. The first-order valence-corrected chi connectivity index (χ1v) is 21.3. The average Bonchev–Trinajstić information content (AvgIpc) is 3.70. The number of anilines is 3. The van der Waals surface area contributed by atoms with E-state index in [4.69, 9.17) is 0 Å². The predicted molar refractivity (Wildman–Crippen MR) is 263 cm³/mol. The van der Waals surface area contributed by atoms with Crippen molar-refractivity contribution in [3.63, 3.8) is 0 Å². The number of rotatable bonds is 9. The molecule has 0 unspecified atom stereocenters. The van der Waals surface area contributed by atoms with Crippen LogP contribution in [0.25, 0.3) is 83.1 Å². The van der Waals surface area contributed by atoms with Gasteiger partial charge < -0.3 is 9.47 Å². The maximum atomic E-state index is 2.45. The third-order valence-electron chi connectivity index (χ3n) is 12.0. The zero-order valence-corrected chi connectivity index (χ0v) is 34.1. The summed E-state index contributed by atoms with van der Waals surface area (Å²) < 4.78 is 2.45. The van der Waals surface area contributed by atoms with Gasteiger partial charge in [-0.25, -0.2) is 0 Å². The van der Waals surface area contributed by atoms with Gasteiger partial charge in [0.15, 0.2) is 0 Å². The fourth-order valence-corrected chi connectivity index (χ4v) is 8.94. The smallest absolute Gasteiger partial charge is 0.0619 e. The van der Waals surface area contributed by atoms with Crippen molar-refractivity contribution < 1.29 is 0 Å². The lowest BCUT2D eigenvalue weighted by Crippen LogP contribution is -2.09. The summed E-state index contributed by atoms with van der Waals surface area (Å²) >= 11 is 0. The first kappa shape index (κ1) is 36.8. The molecule has 1 heterocycles. The highest BCUT2D eigenvalue weighted by atomic mass is 15.1. The molecule has 0 saturated carbocycles. The van der Waals surface area contributed by atoms with Crippen molar-refractivity contribution in [2.24, 2.45) is 0 Å². The zero-order valence-electron chi connectivity index (χ0n) is 34.1. The predicted octanol–water partition coefficient (Wildman–Crippen LogP) is 16.6. The van der Waals surface area contributed by atoms with E-state index in [0.29, 0.717) is 0 Å². The van der Waals surface area contributed by atoms with Gasteiger partial charge >= 0.3 is 0 Å². The average molecular weight is 791 g/mol. The van der Waals surface area contributed by atoms with Gasteiger partial charge in [-0.3, -0.25) is 0 Å². The number of fused-ring (bicyclic) bond motifs is 2. The Balaban J connectivity index is 1.03. The second-order valence-corrected chi connectivity index (χ2v) is 15.8. The minimum absolute atomic E-state index is 1.09. The number of nitrogens with zero attached hydrogens (tertiary/aromatic N) is 2. The van der Waals surface area contributed by atoms with Gasteiger partial charge in [0.05, 0.1) is 11.2 Å². The van der Waals surface area contributed by atoms with Gasteiger partial charge in [-0.2, -0.15) is 0 Å². The van der Waals surface area contributed by atoms with Crippen molar-refractivity contribution in [1.82, 2.24) is 4.57 Å². The molecule has 0 amide bonds. The fourth-order valence-electron chi connectivity index (χ4n) is 8.94. The summed E-state index contributed by atoms with van der Waals surface area (Å²) in [6, 6.07) is 92.0. The molecule has 0 N–H and O–H groups in total. The minimum atomic E-state index is 1.09. The molecular weight excluding hydrogens is 749 g/mol. The van der Waals surface area contributed by atoms with Gasteiger partial charge in [-0.15, -0.1) is 0 Å². The molecule has 1 aromatic heterocycles. The fraction of sp³-hybridized carbons (Fsp3) is 0. The van der Waals surface area contributed by atoms with Crippen LogP contribution in [0.1, 0.15) is 0 Å². The van der Waals surface area contributed by atoms with Crippen LogP contribution in [0.3, 0.4) is 0 Å². The highest BCUT2D eigenvalue weighted by Gasteiger charge is 2.22. The van der Waals surface area contributed by atoms with E-state index in [9.17, 15) is 0 Å². The molecule has 11 rings (SSSR count). The molecule has 2 heteroatoms. The molecule has 0 fully saturated rings. The number of aromatic nitrogens is 1. The molecule has 0 aliphatic carbocycles. The third-order valence-corrected chi connectivity index (χ3v) is 12.0. The van der Waals surface area contributed by atoms with Crippen LogP contribution >= 0.6 is 0 Å². The number of benzene rings is 10. The Bertz CT molecular complexity index is 3200. The molecule has 0 bridgehead atoms. The van der Waals surface area contributed by atoms with Gasteiger partial charge in [0.1, 0.15) is 0 Å². The van der Waals surface area contributed by atoms with Gasteiger partial charge in [0, 0.05) is 33.7 Å². The van der Waals surface area contributed by atoms with E-state index in [2.05, 4.69) is 264 Å². The van der Waals surface area contributed by atoms with Crippen molar-refractivity contribution in [2.45, 2.75) is 0 Å². The number of hydrogen-bond acceptors (Lipinski definition) is 1. The van der Waals surface area contributed by atoms with Crippen LogP contribution in [0.2, 0.25) is 0 Å². The van der Waals surface area contributed by atoms with Crippen molar-refractivity contribution in [2.75, 3.05) is 4.90 Å². The second-order valence-electron chi connectivity index (χ2n) is 15.8. The van der Waals surface area contributed by atoms with Crippen LogP contribution in [0.4, 0.5) is 17.1 Å².